The van der Waals surface area contributed by atoms with Crippen molar-refractivity contribution >= 4 is 23.4 Å². The lowest BCUT2D eigenvalue weighted by molar-refractivity contribution is -0.131. The molecule has 1 unspecified atom stereocenters. The lowest BCUT2D eigenvalue weighted by Crippen LogP contribution is -2.60. The first-order chi connectivity index (χ1) is 11.5. The number of nitrogens with one attached hydrogen (secondary N) is 1. The smallest absolute Gasteiger partial charge is 0.246 e. The molecule has 0 aromatic heterocycles. The van der Waals surface area contributed by atoms with Crippen molar-refractivity contribution < 1.29 is 9.53 Å². The van der Waals surface area contributed by atoms with Crippen LogP contribution in [0.15, 0.2) is 36.4 Å². The van der Waals surface area contributed by atoms with Gasteiger partial charge in [0, 0.05) is 30.6 Å². The summed E-state index contributed by atoms with van der Waals surface area (Å²) in [6.45, 7) is 5.92. The molecule has 2 heterocycles. The van der Waals surface area contributed by atoms with Crippen molar-refractivity contribution in [3.63, 3.8) is 0 Å². The van der Waals surface area contributed by atoms with E-state index >= 15 is 0 Å². The minimum atomic E-state index is 0.154. The van der Waals surface area contributed by atoms with Gasteiger partial charge in [-0.25, -0.2) is 0 Å². The Morgan fingerprint density at radius 2 is 2.08 bits per heavy atom. The first-order valence-electron chi connectivity index (χ1n) is 8.51. The van der Waals surface area contributed by atoms with Crippen LogP contribution in [-0.2, 0) is 4.79 Å². The van der Waals surface area contributed by atoms with E-state index in [9.17, 15) is 4.79 Å². The van der Waals surface area contributed by atoms with Crippen LogP contribution in [0, 0.1) is 5.92 Å². The second kappa shape index (κ2) is 7.09. The number of nitrogens with zero attached hydrogens (tertiary/aromatic N) is 1. The van der Waals surface area contributed by atoms with Crippen LogP contribution < -0.4 is 10.1 Å². The molecule has 1 amide bonds. The van der Waals surface area contributed by atoms with Crippen LogP contribution >= 0.6 is 11.8 Å². The van der Waals surface area contributed by atoms with Crippen molar-refractivity contribution in [3.05, 3.63) is 36.4 Å². The SMILES string of the molecule is COc1ccc(NC2CSC3(C2)CN(C(=O)/C=C/C(C)C)C3)cc1. The lowest BCUT2D eigenvalue weighted by atomic mass is 9.91. The number of rotatable bonds is 5. The highest BCUT2D eigenvalue weighted by Gasteiger charge is 2.50. The minimum Gasteiger partial charge on any atom is -0.497 e. The highest BCUT2D eigenvalue weighted by atomic mass is 32.2. The summed E-state index contributed by atoms with van der Waals surface area (Å²) in [4.78, 5) is 14.1. The quantitative estimate of drug-likeness (QED) is 0.830. The van der Waals surface area contributed by atoms with Gasteiger partial charge in [-0.1, -0.05) is 19.9 Å². The minimum absolute atomic E-state index is 0.154. The average molecular weight is 346 g/mol. The van der Waals surface area contributed by atoms with E-state index in [1.807, 2.05) is 34.9 Å². The Bertz CT molecular complexity index is 606. The van der Waals surface area contributed by atoms with Crippen molar-refractivity contribution in [3.8, 4) is 5.75 Å². The van der Waals surface area contributed by atoms with Crippen LogP contribution in [0.25, 0.3) is 0 Å². The zero-order valence-electron chi connectivity index (χ0n) is 14.6. The lowest BCUT2D eigenvalue weighted by Gasteiger charge is -2.47. The number of anilines is 1. The third kappa shape index (κ3) is 3.89. The number of carbonyl (C=O) groups excluding carboxylic acids is 1. The zero-order chi connectivity index (χ0) is 17.2. The highest BCUT2D eigenvalue weighted by Crippen LogP contribution is 2.45. The van der Waals surface area contributed by atoms with Crippen molar-refractivity contribution in [2.45, 2.75) is 31.1 Å². The van der Waals surface area contributed by atoms with Gasteiger partial charge in [-0.05, 0) is 42.7 Å². The summed E-state index contributed by atoms with van der Waals surface area (Å²) in [5.41, 5.74) is 1.13. The molecule has 3 rings (SSSR count). The summed E-state index contributed by atoms with van der Waals surface area (Å²) in [5, 5.41) is 3.61. The van der Waals surface area contributed by atoms with E-state index in [-0.39, 0.29) is 10.7 Å². The summed E-state index contributed by atoms with van der Waals surface area (Å²) in [5.74, 6) is 2.54. The van der Waals surface area contributed by atoms with Gasteiger partial charge in [0.1, 0.15) is 5.75 Å². The van der Waals surface area contributed by atoms with Crippen LogP contribution in [0.4, 0.5) is 5.69 Å². The van der Waals surface area contributed by atoms with Gasteiger partial charge in [0.25, 0.3) is 0 Å². The number of hydrogen-bond donors (Lipinski definition) is 1. The molecule has 0 saturated carbocycles. The molecule has 2 fully saturated rings. The van der Waals surface area contributed by atoms with E-state index in [0.717, 1.165) is 36.7 Å². The molecule has 4 nitrogen and oxygen atoms in total. The molecule has 1 aromatic rings. The molecule has 130 valence electrons. The maximum atomic E-state index is 12.1. The molecule has 2 saturated heterocycles. The summed E-state index contributed by atoms with van der Waals surface area (Å²) >= 11 is 2.01. The molecule has 24 heavy (non-hydrogen) atoms. The monoisotopic (exact) mass is 346 g/mol. The molecule has 0 radical (unpaired) electrons. The number of ether oxygens (including phenoxy) is 1. The second-order valence-corrected chi connectivity index (χ2v) is 8.55. The first-order valence-corrected chi connectivity index (χ1v) is 9.50. The summed E-state index contributed by atoms with van der Waals surface area (Å²) in [6.07, 6.45) is 4.81. The second-order valence-electron chi connectivity index (χ2n) is 7.07. The van der Waals surface area contributed by atoms with E-state index in [1.54, 1.807) is 13.2 Å². The number of allylic oxidation sites excluding steroid dienone is 1. The Hall–Kier alpha value is -1.62. The number of likely N-dealkylation sites (tertiary alicyclic amines) is 1. The number of thioether (sulfide) groups is 1. The van der Waals surface area contributed by atoms with Crippen LogP contribution in [-0.4, -0.2) is 47.5 Å². The van der Waals surface area contributed by atoms with E-state index < -0.39 is 0 Å². The van der Waals surface area contributed by atoms with Gasteiger partial charge >= 0.3 is 0 Å². The molecule has 5 heteroatoms. The van der Waals surface area contributed by atoms with Gasteiger partial charge in [0.15, 0.2) is 0 Å². The van der Waals surface area contributed by atoms with E-state index in [4.69, 9.17) is 4.74 Å². The maximum absolute atomic E-state index is 12.1. The predicted octanol–water partition coefficient (Wildman–Crippen LogP) is 3.41. The topological polar surface area (TPSA) is 41.6 Å². The fraction of sp³-hybridized carbons (Fsp3) is 0.526. The predicted molar refractivity (Wildman–Crippen MR) is 101 cm³/mol. The summed E-state index contributed by atoms with van der Waals surface area (Å²) in [7, 11) is 1.68. The molecule has 0 aliphatic carbocycles. The van der Waals surface area contributed by atoms with Crippen LogP contribution in [0.2, 0.25) is 0 Å². The zero-order valence-corrected chi connectivity index (χ0v) is 15.4. The largest absolute Gasteiger partial charge is 0.497 e. The number of benzene rings is 1. The van der Waals surface area contributed by atoms with Crippen molar-refractivity contribution in [1.82, 2.24) is 4.90 Å². The molecule has 2 aliphatic rings. The Morgan fingerprint density at radius 1 is 1.38 bits per heavy atom. The fourth-order valence-corrected chi connectivity index (χ4v) is 4.83. The molecular formula is C19H26N2O2S. The van der Waals surface area contributed by atoms with Gasteiger partial charge in [-0.15, -0.1) is 11.8 Å². The van der Waals surface area contributed by atoms with Crippen LogP contribution in [0.3, 0.4) is 0 Å². The Kier molecular flexibility index (Phi) is 5.09. The Labute approximate surface area is 148 Å². The van der Waals surface area contributed by atoms with Gasteiger partial charge in [-0.3, -0.25) is 4.79 Å². The molecule has 1 spiro atoms. The van der Waals surface area contributed by atoms with Gasteiger partial charge in [0.05, 0.1) is 11.9 Å². The summed E-state index contributed by atoms with van der Waals surface area (Å²) < 4.78 is 5.45. The maximum Gasteiger partial charge on any atom is 0.246 e. The van der Waals surface area contributed by atoms with E-state index in [1.165, 1.54) is 0 Å². The Balaban J connectivity index is 1.48. The molecule has 0 bridgehead atoms. The van der Waals surface area contributed by atoms with Crippen molar-refractivity contribution in [2.24, 2.45) is 5.92 Å². The molecule has 1 N–H and O–H groups in total. The number of amides is 1. The summed E-state index contributed by atoms with van der Waals surface area (Å²) in [6, 6.07) is 8.53. The van der Waals surface area contributed by atoms with Crippen LogP contribution in [0.1, 0.15) is 20.3 Å². The third-order valence-corrected chi connectivity index (χ3v) is 6.17. The standard InChI is InChI=1S/C19H26N2O2S/c1-14(2)4-9-18(22)21-12-19(13-21)10-16(11-24-19)20-15-5-7-17(23-3)8-6-15/h4-9,14,16,20H,10-13H2,1-3H3/b9-4+. The number of hydrogen-bond acceptors (Lipinski definition) is 4. The third-order valence-electron chi connectivity index (χ3n) is 4.56. The number of methoxy groups -OCH3 is 1. The molecular weight excluding hydrogens is 320 g/mol. The normalized spacial score (nSPS) is 22.2. The van der Waals surface area contributed by atoms with Gasteiger partial charge in [0.2, 0.25) is 5.91 Å². The van der Waals surface area contributed by atoms with Crippen molar-refractivity contribution in [1.29, 1.82) is 0 Å². The van der Waals surface area contributed by atoms with Crippen LogP contribution in [0.5, 0.6) is 5.75 Å². The van der Waals surface area contributed by atoms with Gasteiger partial charge < -0.3 is 15.0 Å². The van der Waals surface area contributed by atoms with Gasteiger partial charge in [-0.2, -0.15) is 0 Å². The molecule has 1 aromatic carbocycles. The highest BCUT2D eigenvalue weighted by molar-refractivity contribution is 8.01. The van der Waals surface area contributed by atoms with E-state index in [0.29, 0.717) is 12.0 Å². The Morgan fingerprint density at radius 3 is 2.71 bits per heavy atom. The molecule has 2 aliphatic heterocycles. The number of carbonyl (C=O) groups is 1. The van der Waals surface area contributed by atoms with E-state index in [2.05, 4.69) is 31.3 Å². The van der Waals surface area contributed by atoms with Crippen molar-refractivity contribution in [2.75, 3.05) is 31.3 Å². The molecule has 1 atom stereocenters. The first kappa shape index (κ1) is 17.2. The average Bonchev–Trinajstić information content (AvgIpc) is 2.96. The fourth-order valence-electron chi connectivity index (χ4n) is 3.27.